The van der Waals surface area contributed by atoms with Gasteiger partial charge in [-0.25, -0.2) is 4.98 Å². The molecule has 4 aliphatic heterocycles. The number of anilines is 3. The van der Waals surface area contributed by atoms with Crippen LogP contribution in [0.4, 0.5) is 17.2 Å². The van der Waals surface area contributed by atoms with Gasteiger partial charge in [0.2, 0.25) is 11.8 Å². The molecule has 4 aromatic carbocycles. The first-order valence-electron chi connectivity index (χ1n) is 29.9. The van der Waals surface area contributed by atoms with Gasteiger partial charge in [0.15, 0.2) is 0 Å². The fourth-order valence-electron chi connectivity index (χ4n) is 10.6. The molecule has 430 valence electrons. The minimum atomic E-state index is 0.199. The molecule has 0 unspecified atom stereocenters. The molecule has 5 aromatic rings. The van der Waals surface area contributed by atoms with E-state index in [-0.39, 0.29) is 33.5 Å². The molecular formula is C69H101N7O3. The van der Waals surface area contributed by atoms with E-state index in [2.05, 4.69) is 217 Å². The van der Waals surface area contributed by atoms with Crippen molar-refractivity contribution in [3.63, 3.8) is 0 Å². The third-order valence-corrected chi connectivity index (χ3v) is 16.2. The van der Waals surface area contributed by atoms with Crippen molar-refractivity contribution in [2.24, 2.45) is 0 Å². The summed E-state index contributed by atoms with van der Waals surface area (Å²) >= 11 is 0. The quantitative estimate of drug-likeness (QED) is 0.145. The minimum Gasteiger partial charge on any atom is -0.492 e. The van der Waals surface area contributed by atoms with Gasteiger partial charge < -0.3 is 29.2 Å². The summed E-state index contributed by atoms with van der Waals surface area (Å²) in [6.45, 7) is 44.3. The second-order valence-corrected chi connectivity index (χ2v) is 26.3. The number of nitrogens with zero attached hydrogens (tertiary/aromatic N) is 7. The fraction of sp³-hybridized carbons (Fsp3) is 0.551. The number of carbonyl (C=O) groups is 2. The van der Waals surface area contributed by atoms with Gasteiger partial charge in [0, 0.05) is 103 Å². The second-order valence-electron chi connectivity index (χ2n) is 26.3. The summed E-state index contributed by atoms with van der Waals surface area (Å²) in [5, 5.41) is 0. The van der Waals surface area contributed by atoms with Gasteiger partial charge in [-0.15, -0.1) is 0 Å². The number of aromatic nitrogens is 1. The van der Waals surface area contributed by atoms with Gasteiger partial charge in [0.25, 0.3) is 0 Å². The van der Waals surface area contributed by atoms with Crippen molar-refractivity contribution in [1.82, 2.24) is 19.7 Å². The molecule has 0 atom stereocenters. The van der Waals surface area contributed by atoms with Gasteiger partial charge in [0.1, 0.15) is 18.2 Å². The molecule has 79 heavy (non-hydrogen) atoms. The lowest BCUT2D eigenvalue weighted by Gasteiger charge is -2.37. The lowest BCUT2D eigenvalue weighted by molar-refractivity contribution is -0.131. The maximum absolute atomic E-state index is 11.7. The zero-order valence-corrected chi connectivity index (χ0v) is 51.4. The standard InChI is InChI=1S/C19H25N3.C17H26N2O.C17H25NO.C16H25NO/c1-19(2,3)16-7-9-17(10-8-16)21-12-14-22(15-13-21)18-6-4-5-11-20-18;1-5-16(20)19-12-10-18(11-13-19)15-8-6-14(7-9-15)17(2,3)4;1-13(19)18-11-9-15(10-12-18)14-5-7-16(8-6-14)17(2,3)4;1-16(2,3)14-6-8-15(9-7-14)18-13-12-17-10-4-5-11-17/h4-11H,12-15H2,1-3H3;6-9H,5,10-13H2,1-4H3;5-8,15H,9-12H2,1-4H3;6-9H,4-5,10-13H2,1-3H3. The number of hydrogen-bond donors (Lipinski definition) is 0. The van der Waals surface area contributed by atoms with Crippen molar-refractivity contribution in [2.75, 3.05) is 106 Å². The van der Waals surface area contributed by atoms with Crippen molar-refractivity contribution in [2.45, 2.75) is 157 Å². The van der Waals surface area contributed by atoms with Crippen LogP contribution in [0.3, 0.4) is 0 Å². The van der Waals surface area contributed by atoms with E-state index >= 15 is 0 Å². The first-order chi connectivity index (χ1) is 37.4. The summed E-state index contributed by atoms with van der Waals surface area (Å²) in [7, 11) is 0. The third-order valence-electron chi connectivity index (χ3n) is 16.2. The minimum absolute atomic E-state index is 0.199. The van der Waals surface area contributed by atoms with Crippen molar-refractivity contribution in [3.8, 4) is 5.75 Å². The predicted molar refractivity (Wildman–Crippen MR) is 334 cm³/mol. The molecule has 9 rings (SSSR count). The molecule has 0 aliphatic carbocycles. The first-order valence-corrected chi connectivity index (χ1v) is 29.9. The first kappa shape index (κ1) is 62.3. The molecule has 4 fully saturated rings. The number of amides is 2. The number of benzene rings is 4. The van der Waals surface area contributed by atoms with Crippen molar-refractivity contribution in [3.05, 3.63) is 149 Å². The van der Waals surface area contributed by atoms with Crippen LogP contribution >= 0.6 is 0 Å². The van der Waals surface area contributed by atoms with E-state index in [1.54, 1.807) is 6.92 Å². The Morgan fingerprint density at radius 3 is 1.32 bits per heavy atom. The van der Waals surface area contributed by atoms with E-state index in [9.17, 15) is 9.59 Å². The van der Waals surface area contributed by atoms with Crippen LogP contribution in [0, 0.1) is 0 Å². The van der Waals surface area contributed by atoms with E-state index < -0.39 is 0 Å². The van der Waals surface area contributed by atoms with Crippen molar-refractivity contribution < 1.29 is 14.3 Å². The van der Waals surface area contributed by atoms with Crippen molar-refractivity contribution >= 4 is 29.0 Å². The van der Waals surface area contributed by atoms with Crippen LogP contribution in [0.15, 0.2) is 121 Å². The number of likely N-dealkylation sites (tertiary alicyclic amines) is 2. The summed E-state index contributed by atoms with van der Waals surface area (Å²) < 4.78 is 5.79. The van der Waals surface area contributed by atoms with Crippen LogP contribution in [0.5, 0.6) is 5.75 Å². The Hall–Kier alpha value is -5.87. The molecule has 0 radical (unpaired) electrons. The number of piperidine rings is 1. The van der Waals surface area contributed by atoms with Gasteiger partial charge in [0.05, 0.1) is 0 Å². The van der Waals surface area contributed by atoms with Crippen LogP contribution in [-0.2, 0) is 31.2 Å². The largest absolute Gasteiger partial charge is 0.492 e. The second kappa shape index (κ2) is 28.5. The van der Waals surface area contributed by atoms with Crippen LogP contribution in [0.1, 0.15) is 163 Å². The van der Waals surface area contributed by atoms with Crippen LogP contribution in [-0.4, -0.2) is 123 Å². The number of hydrogen-bond acceptors (Lipinski definition) is 8. The monoisotopic (exact) mass is 1080 g/mol. The molecule has 1 aromatic heterocycles. The number of piperazine rings is 2. The molecule has 0 bridgehead atoms. The van der Waals surface area contributed by atoms with Gasteiger partial charge in [-0.3, -0.25) is 14.5 Å². The normalized spacial score (nSPS) is 16.7. The zero-order valence-electron chi connectivity index (χ0n) is 51.4. The molecule has 10 nitrogen and oxygen atoms in total. The number of rotatable bonds is 9. The van der Waals surface area contributed by atoms with E-state index in [4.69, 9.17) is 4.74 Å². The Labute approximate surface area is 478 Å². The Balaban J connectivity index is 0.000000171. The maximum atomic E-state index is 11.7. The summed E-state index contributed by atoms with van der Waals surface area (Å²) in [4.78, 5) is 41.0. The molecule has 4 saturated heterocycles. The molecule has 0 saturated carbocycles. The van der Waals surface area contributed by atoms with E-state index in [0.29, 0.717) is 12.3 Å². The van der Waals surface area contributed by atoms with E-state index in [1.165, 1.54) is 65.1 Å². The van der Waals surface area contributed by atoms with Crippen LogP contribution < -0.4 is 19.4 Å². The van der Waals surface area contributed by atoms with Crippen LogP contribution in [0.2, 0.25) is 0 Å². The summed E-state index contributed by atoms with van der Waals surface area (Å²) in [5.41, 5.74) is 10.4. The molecule has 10 heteroatoms. The average Bonchev–Trinajstić information content (AvgIpc) is 3.98. The summed E-state index contributed by atoms with van der Waals surface area (Å²) in [6, 6.07) is 41.6. The number of pyridine rings is 1. The lowest BCUT2D eigenvalue weighted by Crippen LogP contribution is -2.48. The lowest BCUT2D eigenvalue weighted by atomic mass is 9.84. The Bertz CT molecular complexity index is 2560. The topological polar surface area (TPSA) is 75.7 Å². The van der Waals surface area contributed by atoms with Crippen LogP contribution in [0.25, 0.3) is 0 Å². The molecule has 4 aliphatic rings. The number of carbonyl (C=O) groups excluding carboxylic acids is 2. The van der Waals surface area contributed by atoms with Gasteiger partial charge in [-0.1, -0.05) is 157 Å². The Kier molecular flexibility index (Phi) is 22.5. The Morgan fingerprint density at radius 2 is 0.911 bits per heavy atom. The molecule has 2 amide bonds. The smallest absolute Gasteiger partial charge is 0.222 e. The predicted octanol–water partition coefficient (Wildman–Crippen LogP) is 13.9. The highest BCUT2D eigenvalue weighted by Crippen LogP contribution is 2.32. The summed E-state index contributed by atoms with van der Waals surface area (Å²) in [5.74, 6) is 3.17. The molecular weight excluding hydrogens is 975 g/mol. The number of ether oxygens (including phenoxy) is 1. The molecule has 5 heterocycles. The highest BCUT2D eigenvalue weighted by Gasteiger charge is 2.25. The fourth-order valence-corrected chi connectivity index (χ4v) is 10.6. The zero-order chi connectivity index (χ0) is 57.4. The van der Waals surface area contributed by atoms with Gasteiger partial charge >= 0.3 is 0 Å². The maximum Gasteiger partial charge on any atom is 0.222 e. The SMILES string of the molecule is CC(=O)N1CCC(c2ccc(C(C)(C)C)cc2)CC1.CC(C)(C)c1ccc(N2CCN(c3ccccn3)CC2)cc1.CC(C)(C)c1ccc(OCCN2CCCC2)cc1.CCC(=O)N1CCN(c2ccc(C(C)(C)C)cc2)CC1. The highest BCUT2D eigenvalue weighted by molar-refractivity contribution is 5.76. The van der Waals surface area contributed by atoms with Crippen molar-refractivity contribution in [1.29, 1.82) is 0 Å². The third kappa shape index (κ3) is 19.4. The average molecular weight is 1080 g/mol. The highest BCUT2D eigenvalue weighted by atomic mass is 16.5. The van der Waals surface area contributed by atoms with Gasteiger partial charge in [-0.05, 0) is 143 Å². The molecule has 0 N–H and O–H groups in total. The van der Waals surface area contributed by atoms with Gasteiger partial charge in [-0.2, -0.15) is 0 Å². The van der Waals surface area contributed by atoms with E-state index in [1.807, 2.05) is 29.0 Å². The summed E-state index contributed by atoms with van der Waals surface area (Å²) in [6.07, 6.45) is 7.36. The Morgan fingerprint density at radius 1 is 0.494 bits per heavy atom. The molecule has 0 spiro atoms. The van der Waals surface area contributed by atoms with E-state index in [0.717, 1.165) is 103 Å².